The van der Waals surface area contributed by atoms with Crippen LogP contribution in [0.2, 0.25) is 0 Å². The highest BCUT2D eigenvalue weighted by molar-refractivity contribution is 5.47. The second-order valence-corrected chi connectivity index (χ2v) is 4.71. The average molecular weight is 234 g/mol. The Balaban J connectivity index is 2.55. The maximum absolute atomic E-state index is 3.42. The zero-order valence-corrected chi connectivity index (χ0v) is 11.7. The third kappa shape index (κ3) is 4.39. The summed E-state index contributed by atoms with van der Waals surface area (Å²) >= 11 is 0. The molecule has 1 aromatic carbocycles. The Morgan fingerprint density at radius 2 is 1.82 bits per heavy atom. The van der Waals surface area contributed by atoms with E-state index in [1.807, 2.05) is 0 Å². The van der Waals surface area contributed by atoms with E-state index in [0.29, 0.717) is 6.04 Å². The molecule has 0 aliphatic rings. The molecule has 0 fully saturated rings. The number of rotatable bonds is 7. The minimum absolute atomic E-state index is 0.596. The molecule has 0 aromatic heterocycles. The molecule has 0 heterocycles. The molecule has 17 heavy (non-hydrogen) atoms. The van der Waals surface area contributed by atoms with Gasteiger partial charge in [0.05, 0.1) is 0 Å². The molecule has 1 N–H and O–H groups in total. The van der Waals surface area contributed by atoms with Gasteiger partial charge in [0.15, 0.2) is 0 Å². The molecule has 96 valence electrons. The molecule has 0 aliphatic heterocycles. The molecule has 0 radical (unpaired) electrons. The second kappa shape index (κ2) is 7.33. The fourth-order valence-electron chi connectivity index (χ4n) is 1.79. The topological polar surface area (TPSA) is 15.3 Å². The van der Waals surface area contributed by atoms with Crippen LogP contribution in [0.4, 0.5) is 5.69 Å². The lowest BCUT2D eigenvalue weighted by Gasteiger charge is -2.26. The predicted molar refractivity (Wildman–Crippen MR) is 76.6 cm³/mol. The molecule has 0 saturated carbocycles. The maximum atomic E-state index is 3.42. The van der Waals surface area contributed by atoms with Crippen molar-refractivity contribution in [3.05, 3.63) is 29.8 Å². The Hall–Kier alpha value is -1.02. The van der Waals surface area contributed by atoms with E-state index in [1.54, 1.807) is 0 Å². The fraction of sp³-hybridized carbons (Fsp3) is 0.600. The summed E-state index contributed by atoms with van der Waals surface area (Å²) in [5, 5.41) is 3.42. The van der Waals surface area contributed by atoms with Crippen molar-refractivity contribution in [2.75, 3.05) is 18.5 Å². The standard InChI is InChI=1S/C15H26N2/c1-5-11-16-12-14-7-9-15(10-8-14)17(4)13(3)6-2/h7-10,13,16H,5-6,11-12H2,1-4H3. The van der Waals surface area contributed by atoms with Gasteiger partial charge in [-0.2, -0.15) is 0 Å². The largest absolute Gasteiger partial charge is 0.372 e. The highest BCUT2D eigenvalue weighted by atomic mass is 15.1. The van der Waals surface area contributed by atoms with Crippen LogP contribution in [0.5, 0.6) is 0 Å². The summed E-state index contributed by atoms with van der Waals surface area (Å²) in [6.45, 7) is 8.74. The second-order valence-electron chi connectivity index (χ2n) is 4.71. The van der Waals surface area contributed by atoms with Gasteiger partial charge in [-0.3, -0.25) is 0 Å². The maximum Gasteiger partial charge on any atom is 0.0366 e. The summed E-state index contributed by atoms with van der Waals surface area (Å²) in [6, 6.07) is 9.47. The highest BCUT2D eigenvalue weighted by Crippen LogP contribution is 2.17. The van der Waals surface area contributed by atoms with Crippen molar-refractivity contribution >= 4 is 5.69 Å². The van der Waals surface area contributed by atoms with Crippen LogP contribution in [0.25, 0.3) is 0 Å². The first-order valence-corrected chi connectivity index (χ1v) is 6.71. The van der Waals surface area contributed by atoms with Gasteiger partial charge >= 0.3 is 0 Å². The van der Waals surface area contributed by atoms with Crippen molar-refractivity contribution in [2.45, 2.75) is 46.2 Å². The smallest absolute Gasteiger partial charge is 0.0366 e. The van der Waals surface area contributed by atoms with E-state index in [1.165, 1.54) is 24.1 Å². The lowest BCUT2D eigenvalue weighted by Crippen LogP contribution is -2.27. The van der Waals surface area contributed by atoms with Gasteiger partial charge in [0.2, 0.25) is 0 Å². The van der Waals surface area contributed by atoms with E-state index in [0.717, 1.165) is 13.1 Å². The van der Waals surface area contributed by atoms with Crippen LogP contribution in [-0.4, -0.2) is 19.6 Å². The third-order valence-electron chi connectivity index (χ3n) is 3.35. The monoisotopic (exact) mass is 234 g/mol. The quantitative estimate of drug-likeness (QED) is 0.727. The molecule has 1 unspecified atom stereocenters. The van der Waals surface area contributed by atoms with Crippen LogP contribution >= 0.6 is 0 Å². The van der Waals surface area contributed by atoms with Crippen molar-refractivity contribution in [3.8, 4) is 0 Å². The average Bonchev–Trinajstić information content (AvgIpc) is 2.38. The minimum Gasteiger partial charge on any atom is -0.372 e. The van der Waals surface area contributed by atoms with E-state index in [-0.39, 0.29) is 0 Å². The number of benzene rings is 1. The molecule has 2 nitrogen and oxygen atoms in total. The molecular formula is C15H26N2. The van der Waals surface area contributed by atoms with Crippen LogP contribution in [0.15, 0.2) is 24.3 Å². The molecule has 1 aromatic rings. The normalized spacial score (nSPS) is 12.5. The van der Waals surface area contributed by atoms with Crippen LogP contribution < -0.4 is 10.2 Å². The summed E-state index contributed by atoms with van der Waals surface area (Å²) in [5.74, 6) is 0. The van der Waals surface area contributed by atoms with Crippen molar-refractivity contribution in [3.63, 3.8) is 0 Å². The molecule has 0 saturated heterocycles. The van der Waals surface area contributed by atoms with Crippen molar-refractivity contribution in [1.29, 1.82) is 0 Å². The van der Waals surface area contributed by atoms with Crippen LogP contribution in [0.1, 0.15) is 39.2 Å². The Kier molecular flexibility index (Phi) is 6.06. The van der Waals surface area contributed by atoms with Gasteiger partial charge in [-0.15, -0.1) is 0 Å². The highest BCUT2D eigenvalue weighted by Gasteiger charge is 2.07. The van der Waals surface area contributed by atoms with E-state index >= 15 is 0 Å². The molecule has 1 rings (SSSR count). The van der Waals surface area contributed by atoms with Gasteiger partial charge < -0.3 is 10.2 Å². The number of nitrogens with one attached hydrogen (secondary N) is 1. The zero-order chi connectivity index (χ0) is 12.7. The van der Waals surface area contributed by atoms with Gasteiger partial charge in [-0.1, -0.05) is 26.0 Å². The molecule has 2 heteroatoms. The first kappa shape index (κ1) is 14.0. The number of hydrogen-bond acceptors (Lipinski definition) is 2. The molecule has 0 bridgehead atoms. The first-order valence-electron chi connectivity index (χ1n) is 6.71. The Morgan fingerprint density at radius 3 is 2.35 bits per heavy atom. The van der Waals surface area contributed by atoms with Gasteiger partial charge in [0.1, 0.15) is 0 Å². The molecule has 0 aliphatic carbocycles. The zero-order valence-electron chi connectivity index (χ0n) is 11.7. The van der Waals surface area contributed by atoms with Crippen molar-refractivity contribution in [2.24, 2.45) is 0 Å². The summed E-state index contributed by atoms with van der Waals surface area (Å²) < 4.78 is 0. The van der Waals surface area contributed by atoms with Crippen molar-refractivity contribution in [1.82, 2.24) is 5.32 Å². The molecule has 0 spiro atoms. The SMILES string of the molecule is CCCNCc1ccc(N(C)C(C)CC)cc1. The van der Waals surface area contributed by atoms with Gasteiger partial charge in [-0.25, -0.2) is 0 Å². The first-order chi connectivity index (χ1) is 8.19. The van der Waals surface area contributed by atoms with E-state index in [4.69, 9.17) is 0 Å². The molecule has 0 amide bonds. The van der Waals surface area contributed by atoms with Crippen LogP contribution in [0, 0.1) is 0 Å². The van der Waals surface area contributed by atoms with Crippen molar-refractivity contribution < 1.29 is 0 Å². The lowest BCUT2D eigenvalue weighted by molar-refractivity contribution is 0.662. The van der Waals surface area contributed by atoms with Gasteiger partial charge in [0.25, 0.3) is 0 Å². The fourth-order valence-corrected chi connectivity index (χ4v) is 1.79. The van der Waals surface area contributed by atoms with Crippen LogP contribution in [0.3, 0.4) is 0 Å². The predicted octanol–water partition coefficient (Wildman–Crippen LogP) is 3.42. The summed E-state index contributed by atoms with van der Waals surface area (Å²) in [4.78, 5) is 2.34. The summed E-state index contributed by atoms with van der Waals surface area (Å²) in [5.41, 5.74) is 2.67. The Bertz CT molecular complexity index is 305. The van der Waals surface area contributed by atoms with E-state index in [2.05, 4.69) is 62.3 Å². The Labute approximate surface area is 106 Å². The number of hydrogen-bond donors (Lipinski definition) is 1. The summed E-state index contributed by atoms with van der Waals surface area (Å²) in [6.07, 6.45) is 2.37. The van der Waals surface area contributed by atoms with E-state index < -0.39 is 0 Å². The minimum atomic E-state index is 0.596. The third-order valence-corrected chi connectivity index (χ3v) is 3.35. The molecular weight excluding hydrogens is 208 g/mol. The Morgan fingerprint density at radius 1 is 1.18 bits per heavy atom. The van der Waals surface area contributed by atoms with Gasteiger partial charge in [0, 0.05) is 25.3 Å². The van der Waals surface area contributed by atoms with E-state index in [9.17, 15) is 0 Å². The summed E-state index contributed by atoms with van der Waals surface area (Å²) in [7, 11) is 2.17. The number of nitrogens with zero attached hydrogens (tertiary/aromatic N) is 1. The van der Waals surface area contributed by atoms with Gasteiger partial charge in [-0.05, 0) is 44.0 Å². The van der Waals surface area contributed by atoms with Crippen LogP contribution in [-0.2, 0) is 6.54 Å². The number of anilines is 1. The lowest BCUT2D eigenvalue weighted by atomic mass is 10.1. The molecule has 1 atom stereocenters.